The van der Waals surface area contributed by atoms with Crippen molar-refractivity contribution in [2.45, 2.75) is 51.9 Å². The maximum atomic E-state index is 12.6. The summed E-state index contributed by atoms with van der Waals surface area (Å²) in [7, 11) is 0. The first-order valence-electron chi connectivity index (χ1n) is 9.28. The maximum Gasteiger partial charge on any atom is 0.226 e. The average Bonchev–Trinajstić information content (AvgIpc) is 2.47. The molecule has 4 aliphatic rings. The van der Waals surface area contributed by atoms with E-state index in [-0.39, 0.29) is 11.3 Å². The number of hydrogen-bond acceptors (Lipinski definition) is 2. The molecular weight excluding hydrogens is 396 g/mol. The summed E-state index contributed by atoms with van der Waals surface area (Å²) in [6.45, 7) is 2.02. The highest BCUT2D eigenvalue weighted by atomic mass is 79.9. The molecule has 5 rings (SSSR count). The van der Waals surface area contributed by atoms with Crippen molar-refractivity contribution in [3.8, 4) is 0 Å². The highest BCUT2D eigenvalue weighted by molar-refractivity contribution is 9.10. The van der Waals surface area contributed by atoms with Crippen LogP contribution in [0.5, 0.6) is 0 Å². The van der Waals surface area contributed by atoms with Crippen molar-refractivity contribution in [1.82, 2.24) is 5.32 Å². The van der Waals surface area contributed by atoms with Gasteiger partial charge >= 0.3 is 0 Å². The number of rotatable bonds is 3. The molecule has 0 saturated heterocycles. The highest BCUT2D eigenvalue weighted by Gasteiger charge is 2.51. The Morgan fingerprint density at radius 3 is 2.36 bits per heavy atom. The van der Waals surface area contributed by atoms with Gasteiger partial charge in [0.25, 0.3) is 0 Å². The summed E-state index contributed by atoms with van der Waals surface area (Å²) in [5, 5.41) is 6.47. The van der Waals surface area contributed by atoms with Crippen LogP contribution in [0, 0.1) is 30.1 Å². The molecule has 0 radical (unpaired) electrons. The minimum Gasteiger partial charge on any atom is -0.332 e. The number of halogens is 1. The summed E-state index contributed by atoms with van der Waals surface area (Å²) in [6, 6.07) is 5.97. The van der Waals surface area contributed by atoms with Crippen molar-refractivity contribution >= 4 is 44.9 Å². The minimum atomic E-state index is 0.0780. The van der Waals surface area contributed by atoms with Crippen LogP contribution in [0.25, 0.3) is 0 Å². The highest BCUT2D eigenvalue weighted by Crippen LogP contribution is 2.61. The van der Waals surface area contributed by atoms with Gasteiger partial charge in [-0.2, -0.15) is 0 Å². The number of nitrogens with one attached hydrogen (secondary N) is 2. The lowest BCUT2D eigenvalue weighted by atomic mass is 9.49. The van der Waals surface area contributed by atoms with Crippen LogP contribution in [0.1, 0.15) is 50.5 Å². The fourth-order valence-corrected chi connectivity index (χ4v) is 6.64. The largest absolute Gasteiger partial charge is 0.332 e. The van der Waals surface area contributed by atoms with Crippen molar-refractivity contribution in [1.29, 1.82) is 0 Å². The van der Waals surface area contributed by atoms with E-state index in [4.69, 9.17) is 12.2 Å². The lowest BCUT2D eigenvalue weighted by Crippen LogP contribution is -2.48. The van der Waals surface area contributed by atoms with Gasteiger partial charge in [-0.05, 0) is 105 Å². The Kier molecular flexibility index (Phi) is 4.65. The summed E-state index contributed by atoms with van der Waals surface area (Å²) in [4.78, 5) is 12.6. The number of carbonyl (C=O) groups is 1. The topological polar surface area (TPSA) is 41.1 Å². The van der Waals surface area contributed by atoms with Gasteiger partial charge in [0.05, 0.1) is 0 Å². The number of amides is 1. The summed E-state index contributed by atoms with van der Waals surface area (Å²) in [6.07, 6.45) is 8.60. The zero-order chi connectivity index (χ0) is 17.6. The van der Waals surface area contributed by atoms with Crippen molar-refractivity contribution in [2.75, 3.05) is 5.32 Å². The zero-order valence-electron chi connectivity index (χ0n) is 14.6. The smallest absolute Gasteiger partial charge is 0.226 e. The third kappa shape index (κ3) is 3.77. The Morgan fingerprint density at radius 2 is 1.80 bits per heavy atom. The quantitative estimate of drug-likeness (QED) is 0.661. The number of benzene rings is 1. The van der Waals surface area contributed by atoms with Crippen LogP contribution in [0.3, 0.4) is 0 Å². The summed E-state index contributed by atoms with van der Waals surface area (Å²) >= 11 is 8.82. The molecule has 0 aliphatic heterocycles. The molecule has 2 N–H and O–H groups in total. The third-order valence-electron chi connectivity index (χ3n) is 6.39. The van der Waals surface area contributed by atoms with E-state index >= 15 is 0 Å². The molecule has 5 heteroatoms. The van der Waals surface area contributed by atoms with Crippen LogP contribution in [0.4, 0.5) is 5.69 Å². The van der Waals surface area contributed by atoms with E-state index in [2.05, 4.69) is 26.6 Å². The molecule has 1 amide bonds. The van der Waals surface area contributed by atoms with Gasteiger partial charge in [-0.3, -0.25) is 4.79 Å². The molecule has 4 bridgehead atoms. The number of hydrogen-bond donors (Lipinski definition) is 2. The number of anilines is 1. The fraction of sp³-hybridized carbons (Fsp3) is 0.600. The maximum absolute atomic E-state index is 12.6. The van der Waals surface area contributed by atoms with E-state index in [1.165, 1.54) is 38.5 Å². The molecule has 4 aliphatic carbocycles. The first-order valence-corrected chi connectivity index (χ1v) is 10.5. The van der Waals surface area contributed by atoms with E-state index < -0.39 is 0 Å². The van der Waals surface area contributed by atoms with Gasteiger partial charge in [0.15, 0.2) is 5.11 Å². The molecule has 0 spiro atoms. The SMILES string of the molecule is Cc1cc(Br)ccc1NC(=S)NC(=O)CC12CC3CC(CC(C3)C1)C2. The van der Waals surface area contributed by atoms with E-state index in [1.54, 1.807) is 0 Å². The summed E-state index contributed by atoms with van der Waals surface area (Å²) in [5.74, 6) is 2.69. The molecule has 134 valence electrons. The number of aryl methyl sites for hydroxylation is 1. The molecular formula is C20H25BrN2OS. The van der Waals surface area contributed by atoms with Crippen molar-refractivity contribution < 1.29 is 4.79 Å². The molecule has 4 fully saturated rings. The van der Waals surface area contributed by atoms with Gasteiger partial charge in [-0.1, -0.05) is 15.9 Å². The van der Waals surface area contributed by atoms with Crippen LogP contribution in [0.2, 0.25) is 0 Å². The van der Waals surface area contributed by atoms with Crippen molar-refractivity contribution in [3.63, 3.8) is 0 Å². The van der Waals surface area contributed by atoms with Crippen molar-refractivity contribution in [2.24, 2.45) is 23.2 Å². The van der Waals surface area contributed by atoms with Crippen molar-refractivity contribution in [3.05, 3.63) is 28.2 Å². The Labute approximate surface area is 163 Å². The molecule has 0 aromatic heterocycles. The first kappa shape index (κ1) is 17.5. The standard InChI is InChI=1S/C20H25BrN2OS/c1-12-4-16(21)2-3-17(12)22-19(25)23-18(24)11-20-8-13-5-14(9-20)7-15(6-13)10-20/h2-4,13-15H,5-11H2,1H3,(H2,22,23,24,25). The molecule has 0 unspecified atom stereocenters. The van der Waals surface area contributed by atoms with E-state index in [0.717, 1.165) is 33.5 Å². The fourth-order valence-electron chi connectivity index (χ4n) is 5.94. The third-order valence-corrected chi connectivity index (χ3v) is 7.09. The Balaban J connectivity index is 1.35. The first-order chi connectivity index (χ1) is 11.9. The Morgan fingerprint density at radius 1 is 1.20 bits per heavy atom. The molecule has 1 aromatic rings. The summed E-state index contributed by atoms with van der Waals surface area (Å²) in [5.41, 5.74) is 2.28. The van der Waals surface area contributed by atoms with Crippen LogP contribution in [-0.4, -0.2) is 11.0 Å². The van der Waals surface area contributed by atoms with Gasteiger partial charge in [0, 0.05) is 16.6 Å². The van der Waals surface area contributed by atoms with Gasteiger partial charge in [-0.15, -0.1) is 0 Å². The van der Waals surface area contributed by atoms with Gasteiger partial charge in [0.1, 0.15) is 0 Å². The lowest BCUT2D eigenvalue weighted by Gasteiger charge is -2.56. The molecule has 3 nitrogen and oxygen atoms in total. The molecule has 0 atom stereocenters. The predicted octanol–water partition coefficient (Wildman–Crippen LogP) is 5.18. The van der Waals surface area contributed by atoms with Gasteiger partial charge in [-0.25, -0.2) is 0 Å². The van der Waals surface area contributed by atoms with Gasteiger partial charge < -0.3 is 10.6 Å². The monoisotopic (exact) mass is 420 g/mol. The second kappa shape index (κ2) is 6.66. The predicted molar refractivity (Wildman–Crippen MR) is 108 cm³/mol. The number of carbonyl (C=O) groups excluding carboxylic acids is 1. The van der Waals surface area contributed by atoms with Crippen LogP contribution < -0.4 is 10.6 Å². The van der Waals surface area contributed by atoms with Crippen LogP contribution >= 0.6 is 28.1 Å². The second-order valence-electron chi connectivity index (χ2n) is 8.56. The minimum absolute atomic E-state index is 0.0780. The van der Waals surface area contributed by atoms with E-state index in [9.17, 15) is 4.79 Å². The van der Waals surface area contributed by atoms with Crippen LogP contribution in [0.15, 0.2) is 22.7 Å². The summed E-state index contributed by atoms with van der Waals surface area (Å²) < 4.78 is 1.03. The molecule has 4 saturated carbocycles. The Bertz CT molecular complexity index is 682. The second-order valence-corrected chi connectivity index (χ2v) is 9.88. The normalized spacial score (nSPS) is 32.5. The molecule has 0 heterocycles. The van der Waals surface area contributed by atoms with E-state index in [0.29, 0.717) is 11.5 Å². The van der Waals surface area contributed by atoms with E-state index in [1.807, 2.05) is 25.1 Å². The molecule has 25 heavy (non-hydrogen) atoms. The van der Waals surface area contributed by atoms with Crippen LogP contribution in [-0.2, 0) is 4.79 Å². The average molecular weight is 421 g/mol. The Hall–Kier alpha value is -0.940. The number of thiocarbonyl (C=S) groups is 1. The zero-order valence-corrected chi connectivity index (χ0v) is 17.0. The molecule has 1 aromatic carbocycles. The van der Waals surface area contributed by atoms with Gasteiger partial charge in [0.2, 0.25) is 5.91 Å². The lowest BCUT2D eigenvalue weighted by molar-refractivity contribution is -0.127.